The molecule has 0 aromatic carbocycles. The molecule has 1 aliphatic rings. The second-order valence-corrected chi connectivity index (χ2v) is 3.10. The number of aliphatic hydroxyl groups excluding tert-OH is 2. The van der Waals surface area contributed by atoms with Gasteiger partial charge in [-0.05, 0) is 13.8 Å². The highest BCUT2D eigenvalue weighted by molar-refractivity contribution is 4.91. The van der Waals surface area contributed by atoms with Crippen molar-refractivity contribution in [3.8, 4) is 0 Å². The summed E-state index contributed by atoms with van der Waals surface area (Å²) in [6.45, 7) is 3.51. The Labute approximate surface area is 66.0 Å². The molecule has 0 saturated carbocycles. The summed E-state index contributed by atoms with van der Waals surface area (Å²) >= 11 is 0. The smallest absolute Gasteiger partial charge is 0.107 e. The van der Waals surface area contributed by atoms with E-state index >= 15 is 0 Å². The lowest BCUT2D eigenvalue weighted by Crippen LogP contribution is -2.59. The van der Waals surface area contributed by atoms with E-state index in [2.05, 4.69) is 0 Å². The monoisotopic (exact) mass is 161 g/mol. The number of rotatable bonds is 0. The van der Waals surface area contributed by atoms with Crippen LogP contribution in [0.15, 0.2) is 0 Å². The molecule has 1 saturated heterocycles. The zero-order valence-corrected chi connectivity index (χ0v) is 6.77. The van der Waals surface area contributed by atoms with Crippen LogP contribution in [0.3, 0.4) is 0 Å². The summed E-state index contributed by atoms with van der Waals surface area (Å²) in [5.41, 5.74) is 5.54. The zero-order chi connectivity index (χ0) is 8.59. The molecule has 0 aromatic rings. The second kappa shape index (κ2) is 3.06. The van der Waals surface area contributed by atoms with Crippen LogP contribution in [0.5, 0.6) is 0 Å². The lowest BCUT2D eigenvalue weighted by Gasteiger charge is -2.38. The van der Waals surface area contributed by atoms with Gasteiger partial charge in [-0.2, -0.15) is 0 Å². The van der Waals surface area contributed by atoms with Gasteiger partial charge in [-0.3, -0.25) is 0 Å². The summed E-state index contributed by atoms with van der Waals surface area (Å²) in [4.78, 5) is 0. The standard InChI is InChI=1S/C7H15NO3/c1-3-5(8)7(10)6(9)4(2)11-3/h3-7,9-10H,8H2,1-2H3/t3?,4-,5+,6?,7-/m0/s1. The second-order valence-electron chi connectivity index (χ2n) is 3.10. The maximum atomic E-state index is 9.33. The first-order chi connectivity index (χ1) is 5.04. The van der Waals surface area contributed by atoms with Crippen LogP contribution in [0.1, 0.15) is 13.8 Å². The van der Waals surface area contributed by atoms with Gasteiger partial charge in [-0.25, -0.2) is 0 Å². The highest BCUT2D eigenvalue weighted by atomic mass is 16.5. The van der Waals surface area contributed by atoms with Crippen LogP contribution >= 0.6 is 0 Å². The minimum absolute atomic E-state index is 0.191. The Balaban J connectivity index is 2.63. The predicted molar refractivity (Wildman–Crippen MR) is 40.0 cm³/mol. The summed E-state index contributed by atoms with van der Waals surface area (Å²) in [6, 6.07) is -0.485. The van der Waals surface area contributed by atoms with E-state index in [9.17, 15) is 10.2 Å². The molecule has 5 atom stereocenters. The van der Waals surface area contributed by atoms with Crippen molar-refractivity contribution in [3.63, 3.8) is 0 Å². The van der Waals surface area contributed by atoms with Crippen LogP contribution in [-0.2, 0) is 4.74 Å². The van der Waals surface area contributed by atoms with Crippen molar-refractivity contribution in [1.29, 1.82) is 0 Å². The normalized spacial score (nSPS) is 52.6. The first-order valence-corrected chi connectivity index (χ1v) is 3.81. The number of hydrogen-bond donors (Lipinski definition) is 3. The third kappa shape index (κ3) is 1.54. The summed E-state index contributed by atoms with van der Waals surface area (Å²) in [5, 5.41) is 18.6. The van der Waals surface area contributed by atoms with Gasteiger partial charge >= 0.3 is 0 Å². The van der Waals surface area contributed by atoms with E-state index in [4.69, 9.17) is 10.5 Å². The molecule has 1 heterocycles. The van der Waals surface area contributed by atoms with Gasteiger partial charge < -0.3 is 20.7 Å². The number of hydrogen-bond acceptors (Lipinski definition) is 4. The fourth-order valence-electron chi connectivity index (χ4n) is 1.29. The van der Waals surface area contributed by atoms with Crippen LogP contribution in [-0.4, -0.2) is 40.7 Å². The van der Waals surface area contributed by atoms with Crippen LogP contribution in [0.2, 0.25) is 0 Å². The molecule has 0 aliphatic carbocycles. The number of aliphatic hydroxyl groups is 2. The van der Waals surface area contributed by atoms with Gasteiger partial charge in [0.25, 0.3) is 0 Å². The minimum Gasteiger partial charge on any atom is -0.389 e. The van der Waals surface area contributed by atoms with Gasteiger partial charge in [-0.15, -0.1) is 0 Å². The molecular formula is C7H15NO3. The van der Waals surface area contributed by atoms with Crippen molar-refractivity contribution in [2.45, 2.75) is 44.3 Å². The molecule has 1 rings (SSSR count). The Morgan fingerprint density at radius 1 is 1.09 bits per heavy atom. The molecule has 66 valence electrons. The molecule has 0 aromatic heterocycles. The first-order valence-electron chi connectivity index (χ1n) is 3.81. The molecule has 4 heteroatoms. The van der Waals surface area contributed by atoms with Gasteiger partial charge in [0, 0.05) is 0 Å². The summed E-state index contributed by atoms with van der Waals surface area (Å²) in [7, 11) is 0. The summed E-state index contributed by atoms with van der Waals surface area (Å²) in [5.74, 6) is 0. The lowest BCUT2D eigenvalue weighted by atomic mass is 9.95. The van der Waals surface area contributed by atoms with E-state index in [0.717, 1.165) is 0 Å². The molecular weight excluding hydrogens is 146 g/mol. The van der Waals surface area contributed by atoms with E-state index in [0.29, 0.717) is 0 Å². The van der Waals surface area contributed by atoms with E-state index in [1.54, 1.807) is 13.8 Å². The third-order valence-electron chi connectivity index (χ3n) is 2.20. The molecule has 0 amide bonds. The average molecular weight is 161 g/mol. The Morgan fingerprint density at radius 3 is 2.18 bits per heavy atom. The Kier molecular flexibility index (Phi) is 2.49. The topological polar surface area (TPSA) is 75.7 Å². The van der Waals surface area contributed by atoms with Gasteiger partial charge in [0.2, 0.25) is 0 Å². The quantitative estimate of drug-likeness (QED) is 0.419. The fourth-order valence-corrected chi connectivity index (χ4v) is 1.29. The largest absolute Gasteiger partial charge is 0.389 e. The van der Waals surface area contributed by atoms with Crippen LogP contribution < -0.4 is 5.73 Å². The molecule has 1 fully saturated rings. The lowest BCUT2D eigenvalue weighted by molar-refractivity contribution is -0.166. The average Bonchev–Trinajstić information content (AvgIpc) is 1.97. The van der Waals surface area contributed by atoms with E-state index < -0.39 is 18.2 Å². The van der Waals surface area contributed by atoms with Gasteiger partial charge in [0.05, 0.1) is 24.4 Å². The Bertz CT molecular complexity index is 128. The van der Waals surface area contributed by atoms with Crippen molar-refractivity contribution in [2.75, 3.05) is 0 Å². The van der Waals surface area contributed by atoms with Crippen LogP contribution in [0.4, 0.5) is 0 Å². The first kappa shape index (κ1) is 8.93. The fraction of sp³-hybridized carbons (Fsp3) is 1.00. The molecule has 1 aliphatic heterocycles. The predicted octanol–water partition coefficient (Wildman–Crippen LogP) is -1.16. The molecule has 0 radical (unpaired) electrons. The van der Waals surface area contributed by atoms with Crippen molar-refractivity contribution >= 4 is 0 Å². The Hall–Kier alpha value is -0.160. The van der Waals surface area contributed by atoms with Gasteiger partial charge in [0.15, 0.2) is 0 Å². The molecule has 11 heavy (non-hydrogen) atoms. The van der Waals surface area contributed by atoms with Crippen molar-refractivity contribution in [3.05, 3.63) is 0 Å². The molecule has 0 spiro atoms. The number of nitrogens with two attached hydrogens (primary N) is 1. The highest BCUT2D eigenvalue weighted by Gasteiger charge is 2.38. The zero-order valence-electron chi connectivity index (χ0n) is 6.77. The molecule has 0 bridgehead atoms. The minimum atomic E-state index is -0.867. The van der Waals surface area contributed by atoms with Crippen molar-refractivity contribution < 1.29 is 14.9 Å². The maximum Gasteiger partial charge on any atom is 0.107 e. The Morgan fingerprint density at radius 2 is 1.64 bits per heavy atom. The van der Waals surface area contributed by atoms with E-state index in [1.165, 1.54) is 0 Å². The third-order valence-corrected chi connectivity index (χ3v) is 2.20. The van der Waals surface area contributed by atoms with E-state index in [1.807, 2.05) is 0 Å². The summed E-state index contributed by atoms with van der Waals surface area (Å²) < 4.78 is 5.25. The van der Waals surface area contributed by atoms with Gasteiger partial charge in [-0.1, -0.05) is 0 Å². The van der Waals surface area contributed by atoms with E-state index in [-0.39, 0.29) is 12.2 Å². The molecule has 4 nitrogen and oxygen atoms in total. The van der Waals surface area contributed by atoms with Crippen LogP contribution in [0.25, 0.3) is 0 Å². The molecule has 2 unspecified atom stereocenters. The summed E-state index contributed by atoms with van der Waals surface area (Å²) in [6.07, 6.45) is -2.25. The van der Waals surface area contributed by atoms with Crippen LogP contribution in [0, 0.1) is 0 Å². The van der Waals surface area contributed by atoms with Crippen molar-refractivity contribution in [1.82, 2.24) is 0 Å². The van der Waals surface area contributed by atoms with Gasteiger partial charge in [0.1, 0.15) is 6.10 Å². The maximum absolute atomic E-state index is 9.33. The van der Waals surface area contributed by atoms with Crippen molar-refractivity contribution in [2.24, 2.45) is 5.73 Å². The number of ether oxygens (including phenoxy) is 1. The SMILES string of the molecule is CC1O[C@@H](C)C(O)[C@@H](O)[C@@H]1N. The molecule has 4 N–H and O–H groups in total. The highest BCUT2D eigenvalue weighted by Crippen LogP contribution is 2.18.